The van der Waals surface area contributed by atoms with Gasteiger partial charge in [-0.25, -0.2) is 4.98 Å². The van der Waals surface area contributed by atoms with Crippen LogP contribution in [0.15, 0.2) is 49.3 Å². The Morgan fingerprint density at radius 2 is 2.17 bits per heavy atom. The maximum Gasteiger partial charge on any atom is 0.162 e. The number of H-pyrrole nitrogens is 1. The molecule has 0 aliphatic rings. The van der Waals surface area contributed by atoms with Gasteiger partial charge in [0, 0.05) is 11.8 Å². The van der Waals surface area contributed by atoms with Gasteiger partial charge in [-0.2, -0.15) is 0 Å². The van der Waals surface area contributed by atoms with E-state index in [2.05, 4.69) is 27.5 Å². The van der Waals surface area contributed by atoms with Gasteiger partial charge < -0.3 is 14.5 Å². The van der Waals surface area contributed by atoms with Crippen molar-refractivity contribution in [3.63, 3.8) is 0 Å². The molecule has 0 fully saturated rings. The summed E-state index contributed by atoms with van der Waals surface area (Å²) in [5, 5.41) is 0. The van der Waals surface area contributed by atoms with Crippen molar-refractivity contribution >= 4 is 11.0 Å². The number of nitrogens with one attached hydrogen (secondary N) is 1. The van der Waals surface area contributed by atoms with Crippen molar-refractivity contribution in [1.82, 2.24) is 15.0 Å². The Morgan fingerprint density at radius 1 is 1.26 bits per heavy atom. The lowest BCUT2D eigenvalue weighted by molar-refractivity contribution is 0.311. The molecule has 0 aliphatic carbocycles. The van der Waals surface area contributed by atoms with Gasteiger partial charge in [-0.05, 0) is 24.3 Å². The van der Waals surface area contributed by atoms with Crippen molar-refractivity contribution in [2.24, 2.45) is 0 Å². The summed E-state index contributed by atoms with van der Waals surface area (Å²) in [5.41, 5.74) is 2.62. The van der Waals surface area contributed by atoms with Crippen LogP contribution in [0.2, 0.25) is 0 Å². The second kappa shape index (κ2) is 6.67. The second-order valence-corrected chi connectivity index (χ2v) is 4.73. The van der Waals surface area contributed by atoms with Gasteiger partial charge in [0.1, 0.15) is 24.6 Å². The van der Waals surface area contributed by atoms with E-state index in [0.717, 1.165) is 22.4 Å². The number of terminal acetylenes is 1. The van der Waals surface area contributed by atoms with Crippen LogP contribution in [0, 0.1) is 12.3 Å². The second-order valence-electron chi connectivity index (χ2n) is 4.73. The number of rotatable bonds is 6. The average Bonchev–Trinajstić information content (AvgIpc) is 3.02. The summed E-state index contributed by atoms with van der Waals surface area (Å²) in [6, 6.07) is 7.46. The Morgan fingerprint density at radius 3 is 2.96 bits per heavy atom. The third-order valence-corrected chi connectivity index (χ3v) is 3.17. The summed E-state index contributed by atoms with van der Waals surface area (Å²) in [6.07, 6.45) is 10.3. The quantitative estimate of drug-likeness (QED) is 0.561. The fraction of sp³-hybridized carbons (Fsp3) is 0.111. The summed E-state index contributed by atoms with van der Waals surface area (Å²) in [5.74, 6) is 4.36. The number of hydrogen-bond donors (Lipinski definition) is 1. The fourth-order valence-electron chi connectivity index (χ4n) is 2.15. The van der Waals surface area contributed by atoms with E-state index in [1.807, 2.05) is 24.3 Å². The SMILES string of the molecule is C#CCOc1ccc(-c2nc3cnccc3[nH]2)cc1OCC=C. The Balaban J connectivity index is 1.98. The number of aromatic amines is 1. The molecular formula is C18H15N3O2. The molecule has 3 aromatic rings. The third kappa shape index (κ3) is 3.16. The maximum absolute atomic E-state index is 5.65. The van der Waals surface area contributed by atoms with Crippen LogP contribution in [-0.2, 0) is 0 Å². The van der Waals surface area contributed by atoms with Gasteiger partial charge in [-0.3, -0.25) is 4.98 Å². The standard InChI is InChI=1S/C18H15N3O2/c1-3-9-22-16-6-5-13(11-17(16)23-10-4-2)18-20-14-7-8-19-12-15(14)21-18/h1,4-8,11-12H,2,9-10H2,(H,20,21). The molecule has 0 aliphatic heterocycles. The number of nitrogens with zero attached hydrogens (tertiary/aromatic N) is 2. The van der Waals surface area contributed by atoms with Gasteiger partial charge in [0.05, 0.1) is 11.7 Å². The number of ether oxygens (including phenoxy) is 2. The summed E-state index contributed by atoms with van der Waals surface area (Å²) < 4.78 is 11.2. The zero-order chi connectivity index (χ0) is 16.1. The fourth-order valence-corrected chi connectivity index (χ4v) is 2.15. The molecule has 0 atom stereocenters. The van der Waals surface area contributed by atoms with Crippen LogP contribution in [0.5, 0.6) is 11.5 Å². The van der Waals surface area contributed by atoms with Crippen LogP contribution >= 0.6 is 0 Å². The molecule has 0 saturated heterocycles. The molecule has 0 amide bonds. The Bertz CT molecular complexity index is 844. The first kappa shape index (κ1) is 14.7. The van der Waals surface area contributed by atoms with Gasteiger partial charge in [0.2, 0.25) is 0 Å². The summed E-state index contributed by atoms with van der Waals surface area (Å²) in [4.78, 5) is 11.9. The Labute approximate surface area is 134 Å². The first-order chi connectivity index (χ1) is 11.3. The van der Waals surface area contributed by atoms with Gasteiger partial charge in [0.25, 0.3) is 0 Å². The lowest BCUT2D eigenvalue weighted by Crippen LogP contribution is -2.00. The largest absolute Gasteiger partial charge is 0.486 e. The van der Waals surface area contributed by atoms with Crippen molar-refractivity contribution in [2.45, 2.75) is 0 Å². The molecule has 5 nitrogen and oxygen atoms in total. The normalized spacial score (nSPS) is 10.2. The Kier molecular flexibility index (Phi) is 4.25. The molecule has 5 heteroatoms. The highest BCUT2D eigenvalue weighted by Crippen LogP contribution is 2.32. The lowest BCUT2D eigenvalue weighted by Gasteiger charge is -2.11. The van der Waals surface area contributed by atoms with Crippen molar-refractivity contribution in [3.05, 3.63) is 49.3 Å². The first-order valence-electron chi connectivity index (χ1n) is 7.06. The van der Waals surface area contributed by atoms with Gasteiger partial charge in [-0.1, -0.05) is 18.6 Å². The lowest BCUT2D eigenvalue weighted by atomic mass is 10.2. The van der Waals surface area contributed by atoms with Gasteiger partial charge >= 0.3 is 0 Å². The van der Waals surface area contributed by atoms with Crippen LogP contribution in [0.3, 0.4) is 0 Å². The number of benzene rings is 1. The van der Waals surface area contributed by atoms with Crippen molar-refractivity contribution in [3.8, 4) is 35.2 Å². The van der Waals surface area contributed by atoms with Crippen LogP contribution in [0.4, 0.5) is 0 Å². The van der Waals surface area contributed by atoms with E-state index in [1.54, 1.807) is 18.5 Å². The van der Waals surface area contributed by atoms with E-state index in [4.69, 9.17) is 15.9 Å². The predicted molar refractivity (Wildman–Crippen MR) is 89.3 cm³/mol. The minimum absolute atomic E-state index is 0.181. The van der Waals surface area contributed by atoms with Crippen molar-refractivity contribution in [1.29, 1.82) is 0 Å². The summed E-state index contributed by atoms with van der Waals surface area (Å²) in [7, 11) is 0. The monoisotopic (exact) mass is 305 g/mol. The molecule has 3 rings (SSSR count). The molecule has 23 heavy (non-hydrogen) atoms. The molecule has 1 aromatic carbocycles. The zero-order valence-corrected chi connectivity index (χ0v) is 12.5. The van der Waals surface area contributed by atoms with E-state index >= 15 is 0 Å². The smallest absolute Gasteiger partial charge is 0.162 e. The molecule has 2 aromatic heterocycles. The minimum atomic E-state index is 0.181. The molecule has 0 unspecified atom stereocenters. The summed E-state index contributed by atoms with van der Waals surface area (Å²) >= 11 is 0. The average molecular weight is 305 g/mol. The van der Waals surface area contributed by atoms with E-state index in [0.29, 0.717) is 18.1 Å². The van der Waals surface area contributed by atoms with E-state index in [9.17, 15) is 0 Å². The Hall–Kier alpha value is -3.26. The molecule has 2 heterocycles. The van der Waals surface area contributed by atoms with E-state index in [1.165, 1.54) is 0 Å². The molecule has 114 valence electrons. The molecule has 1 N–H and O–H groups in total. The highest BCUT2D eigenvalue weighted by atomic mass is 16.5. The van der Waals surface area contributed by atoms with Crippen LogP contribution in [-0.4, -0.2) is 28.2 Å². The van der Waals surface area contributed by atoms with Crippen LogP contribution < -0.4 is 9.47 Å². The van der Waals surface area contributed by atoms with Crippen molar-refractivity contribution < 1.29 is 9.47 Å². The topological polar surface area (TPSA) is 60.0 Å². The highest BCUT2D eigenvalue weighted by Gasteiger charge is 2.10. The minimum Gasteiger partial charge on any atom is -0.486 e. The molecule has 0 radical (unpaired) electrons. The van der Waals surface area contributed by atoms with Gasteiger partial charge in [0.15, 0.2) is 11.5 Å². The molecule has 0 bridgehead atoms. The summed E-state index contributed by atoms with van der Waals surface area (Å²) in [6.45, 7) is 4.21. The number of hydrogen-bond acceptors (Lipinski definition) is 4. The highest BCUT2D eigenvalue weighted by molar-refractivity contribution is 5.78. The van der Waals surface area contributed by atoms with Crippen molar-refractivity contribution in [2.75, 3.05) is 13.2 Å². The number of imidazole rings is 1. The van der Waals surface area contributed by atoms with Gasteiger partial charge in [-0.15, -0.1) is 6.42 Å². The van der Waals surface area contributed by atoms with Crippen LogP contribution in [0.1, 0.15) is 0 Å². The first-order valence-corrected chi connectivity index (χ1v) is 7.06. The van der Waals surface area contributed by atoms with E-state index in [-0.39, 0.29) is 6.61 Å². The number of fused-ring (bicyclic) bond motifs is 1. The van der Waals surface area contributed by atoms with Crippen LogP contribution in [0.25, 0.3) is 22.4 Å². The van der Waals surface area contributed by atoms with E-state index < -0.39 is 0 Å². The maximum atomic E-state index is 5.65. The molecule has 0 saturated carbocycles. The zero-order valence-electron chi connectivity index (χ0n) is 12.5. The molecule has 0 spiro atoms. The number of pyridine rings is 1. The predicted octanol–water partition coefficient (Wildman–Crippen LogP) is 3.20. The number of aromatic nitrogens is 3. The molecular weight excluding hydrogens is 290 g/mol. The third-order valence-electron chi connectivity index (χ3n) is 3.17.